The van der Waals surface area contributed by atoms with Crippen molar-refractivity contribution >= 4 is 17.6 Å². The number of rotatable bonds is 3. The van der Waals surface area contributed by atoms with Gasteiger partial charge in [0.2, 0.25) is 5.76 Å². The Balaban J connectivity index is 1.89. The fourth-order valence-electron chi connectivity index (χ4n) is 2.99. The van der Waals surface area contributed by atoms with Crippen molar-refractivity contribution in [3.05, 3.63) is 58.0 Å². The van der Waals surface area contributed by atoms with Gasteiger partial charge in [-0.15, -0.1) is 0 Å². The van der Waals surface area contributed by atoms with E-state index in [0.717, 1.165) is 12.0 Å². The number of benzene rings is 1. The first-order valence-corrected chi connectivity index (χ1v) is 7.77. The van der Waals surface area contributed by atoms with E-state index in [1.165, 1.54) is 0 Å². The van der Waals surface area contributed by atoms with Crippen LogP contribution >= 0.6 is 0 Å². The minimum atomic E-state index is -1.09. The highest BCUT2D eigenvalue weighted by atomic mass is 16.4. The van der Waals surface area contributed by atoms with Crippen LogP contribution in [0.2, 0.25) is 0 Å². The van der Waals surface area contributed by atoms with E-state index in [0.29, 0.717) is 41.0 Å². The highest BCUT2D eigenvalue weighted by Gasteiger charge is 2.27. The van der Waals surface area contributed by atoms with E-state index in [1.807, 2.05) is 19.1 Å². The summed E-state index contributed by atoms with van der Waals surface area (Å²) >= 11 is 0. The van der Waals surface area contributed by atoms with Crippen LogP contribution in [0.1, 0.15) is 56.2 Å². The molecule has 6 nitrogen and oxygen atoms in total. The second kappa shape index (κ2) is 6.31. The van der Waals surface area contributed by atoms with Crippen LogP contribution in [0.3, 0.4) is 0 Å². The van der Waals surface area contributed by atoms with Crippen molar-refractivity contribution in [3.63, 3.8) is 0 Å². The molecule has 1 aliphatic carbocycles. The van der Waals surface area contributed by atoms with Gasteiger partial charge in [-0.3, -0.25) is 4.79 Å². The number of amides is 1. The molecule has 0 saturated heterocycles. The molecule has 2 N–H and O–H groups in total. The van der Waals surface area contributed by atoms with Crippen molar-refractivity contribution in [3.8, 4) is 0 Å². The number of carbonyl (C=O) groups is 2. The first-order valence-electron chi connectivity index (χ1n) is 7.77. The zero-order chi connectivity index (χ0) is 17.3. The summed E-state index contributed by atoms with van der Waals surface area (Å²) in [6.07, 6.45) is 2.15. The monoisotopic (exact) mass is 326 g/mol. The number of hydrogen-bond donors (Lipinski definition) is 2. The second-order valence-electron chi connectivity index (χ2n) is 5.83. The number of nitrogens with one attached hydrogen (secondary N) is 1. The predicted molar refractivity (Wildman–Crippen MR) is 88.5 cm³/mol. The molecule has 0 unspecified atom stereocenters. The smallest absolute Gasteiger partial charge is 0.372 e. The van der Waals surface area contributed by atoms with E-state index >= 15 is 0 Å². The van der Waals surface area contributed by atoms with Crippen LogP contribution in [0, 0.1) is 13.8 Å². The van der Waals surface area contributed by atoms with Gasteiger partial charge in [-0.2, -0.15) is 5.10 Å². The highest BCUT2D eigenvalue weighted by molar-refractivity contribution is 6.06. The average Bonchev–Trinajstić information content (AvgIpc) is 2.91. The van der Waals surface area contributed by atoms with Gasteiger partial charge >= 0.3 is 5.97 Å². The molecule has 124 valence electrons. The second-order valence-corrected chi connectivity index (χ2v) is 5.83. The van der Waals surface area contributed by atoms with Gasteiger partial charge < -0.3 is 9.52 Å². The van der Waals surface area contributed by atoms with E-state index < -0.39 is 5.97 Å². The summed E-state index contributed by atoms with van der Waals surface area (Å²) in [6.45, 7) is 3.57. The van der Waals surface area contributed by atoms with Crippen molar-refractivity contribution in [2.45, 2.75) is 33.1 Å². The Morgan fingerprint density at radius 2 is 1.96 bits per heavy atom. The summed E-state index contributed by atoms with van der Waals surface area (Å²) < 4.78 is 5.45. The maximum Gasteiger partial charge on any atom is 0.372 e. The van der Waals surface area contributed by atoms with Gasteiger partial charge in [-0.05, 0) is 38.3 Å². The number of fused-ring (bicyclic) bond motifs is 1. The van der Waals surface area contributed by atoms with Crippen LogP contribution in [-0.2, 0) is 6.42 Å². The van der Waals surface area contributed by atoms with Crippen molar-refractivity contribution in [2.75, 3.05) is 0 Å². The summed E-state index contributed by atoms with van der Waals surface area (Å²) in [5.41, 5.74) is 5.93. The molecule has 1 aliphatic rings. The Labute approximate surface area is 139 Å². The quantitative estimate of drug-likeness (QED) is 0.848. The normalized spacial score (nSPS) is 15.2. The number of aryl methyl sites for hydroxylation is 2. The van der Waals surface area contributed by atoms with Gasteiger partial charge in [-0.25, -0.2) is 10.2 Å². The SMILES string of the molecule is Cc1ccccc1C(=O)N/N=C1\CCCc2oc(C(=O)O)c(C)c21. The lowest BCUT2D eigenvalue weighted by Crippen LogP contribution is -2.22. The fourth-order valence-corrected chi connectivity index (χ4v) is 2.99. The van der Waals surface area contributed by atoms with E-state index in [2.05, 4.69) is 10.5 Å². The van der Waals surface area contributed by atoms with Crippen molar-refractivity contribution in [1.29, 1.82) is 0 Å². The highest BCUT2D eigenvalue weighted by Crippen LogP contribution is 2.29. The van der Waals surface area contributed by atoms with Crippen LogP contribution in [0.4, 0.5) is 0 Å². The zero-order valence-electron chi connectivity index (χ0n) is 13.5. The molecule has 0 saturated carbocycles. The minimum Gasteiger partial charge on any atom is -0.475 e. The number of carboxylic acids is 1. The zero-order valence-corrected chi connectivity index (χ0v) is 13.5. The van der Waals surface area contributed by atoms with E-state index in [4.69, 9.17) is 4.42 Å². The Kier molecular flexibility index (Phi) is 4.20. The summed E-state index contributed by atoms with van der Waals surface area (Å²) in [4.78, 5) is 23.5. The van der Waals surface area contributed by atoms with Gasteiger partial charge in [0.05, 0.1) is 5.71 Å². The Morgan fingerprint density at radius 3 is 2.67 bits per heavy atom. The van der Waals surface area contributed by atoms with Crippen molar-refractivity contribution in [1.82, 2.24) is 5.43 Å². The topological polar surface area (TPSA) is 91.9 Å². The Morgan fingerprint density at radius 1 is 1.21 bits per heavy atom. The molecule has 1 aromatic heterocycles. The molecule has 0 fully saturated rings. The fraction of sp³-hybridized carbons (Fsp3) is 0.278. The molecular weight excluding hydrogens is 308 g/mol. The van der Waals surface area contributed by atoms with E-state index in [9.17, 15) is 14.7 Å². The molecule has 0 spiro atoms. The van der Waals surface area contributed by atoms with Gasteiger partial charge in [0.1, 0.15) is 5.76 Å². The average molecular weight is 326 g/mol. The summed E-state index contributed by atoms with van der Waals surface area (Å²) in [6, 6.07) is 7.27. The number of aromatic carboxylic acids is 1. The molecule has 1 heterocycles. The number of carboxylic acid groups (broad SMARTS) is 1. The van der Waals surface area contributed by atoms with Gasteiger partial charge in [0.25, 0.3) is 5.91 Å². The van der Waals surface area contributed by atoms with Crippen LogP contribution in [0.5, 0.6) is 0 Å². The van der Waals surface area contributed by atoms with Crippen LogP contribution in [-0.4, -0.2) is 22.7 Å². The lowest BCUT2D eigenvalue weighted by molar-refractivity contribution is 0.0659. The molecule has 24 heavy (non-hydrogen) atoms. The third-order valence-electron chi connectivity index (χ3n) is 4.20. The molecule has 0 aliphatic heterocycles. The third kappa shape index (κ3) is 2.82. The standard InChI is InChI=1S/C18H18N2O4/c1-10-6-3-4-7-12(10)17(21)20-19-13-8-5-9-14-15(13)11(2)16(24-14)18(22)23/h3-4,6-7H,5,8-9H2,1-2H3,(H,20,21)(H,22,23)/b19-13+. The first kappa shape index (κ1) is 16.0. The summed E-state index contributed by atoms with van der Waals surface area (Å²) in [5, 5.41) is 13.4. The lowest BCUT2D eigenvalue weighted by atomic mass is 9.93. The molecule has 0 bridgehead atoms. The molecule has 1 aromatic carbocycles. The molecule has 0 atom stereocenters. The van der Waals surface area contributed by atoms with Gasteiger partial charge in [0, 0.05) is 23.1 Å². The van der Waals surface area contributed by atoms with Crippen LogP contribution in [0.25, 0.3) is 0 Å². The van der Waals surface area contributed by atoms with Crippen LogP contribution < -0.4 is 5.43 Å². The maximum atomic E-state index is 12.3. The molecule has 3 rings (SSSR count). The molecule has 1 amide bonds. The maximum absolute atomic E-state index is 12.3. The van der Waals surface area contributed by atoms with E-state index in [1.54, 1.807) is 19.1 Å². The van der Waals surface area contributed by atoms with Crippen molar-refractivity contribution < 1.29 is 19.1 Å². The number of furan rings is 1. The van der Waals surface area contributed by atoms with Gasteiger partial charge in [-0.1, -0.05) is 18.2 Å². The molecule has 0 radical (unpaired) electrons. The third-order valence-corrected chi connectivity index (χ3v) is 4.20. The summed E-state index contributed by atoms with van der Waals surface area (Å²) in [7, 11) is 0. The molecule has 2 aromatic rings. The number of hydrazone groups is 1. The largest absolute Gasteiger partial charge is 0.475 e. The number of nitrogens with zero attached hydrogens (tertiary/aromatic N) is 1. The summed E-state index contributed by atoms with van der Waals surface area (Å²) in [5.74, 6) is -0.808. The van der Waals surface area contributed by atoms with E-state index in [-0.39, 0.29) is 11.7 Å². The predicted octanol–water partition coefficient (Wildman–Crippen LogP) is 3.07. The Hall–Kier alpha value is -2.89. The lowest BCUT2D eigenvalue weighted by Gasteiger charge is -2.13. The molecular formula is C18H18N2O4. The van der Waals surface area contributed by atoms with Crippen molar-refractivity contribution in [2.24, 2.45) is 5.10 Å². The first-order chi connectivity index (χ1) is 11.5. The molecule has 6 heteroatoms. The number of hydrogen-bond acceptors (Lipinski definition) is 4. The Bertz CT molecular complexity index is 849. The van der Waals surface area contributed by atoms with Crippen LogP contribution in [0.15, 0.2) is 33.8 Å². The number of carbonyl (C=O) groups excluding carboxylic acids is 1. The van der Waals surface area contributed by atoms with Gasteiger partial charge in [0.15, 0.2) is 0 Å². The minimum absolute atomic E-state index is 0.0557.